The average molecular weight is 206 g/mol. The number of aromatic nitrogens is 1. The van der Waals surface area contributed by atoms with Gasteiger partial charge in [0.25, 0.3) is 0 Å². The van der Waals surface area contributed by atoms with E-state index in [1.807, 2.05) is 13.0 Å². The first kappa shape index (κ1) is 10.4. The van der Waals surface area contributed by atoms with Crippen LogP contribution in [0.1, 0.15) is 17.7 Å². The summed E-state index contributed by atoms with van der Waals surface area (Å²) in [7, 11) is 1.67. The normalized spacial score (nSPS) is 20.5. The molecule has 3 nitrogen and oxygen atoms in total. The van der Waals surface area contributed by atoms with Gasteiger partial charge in [-0.15, -0.1) is 0 Å². The number of aryl methyl sites for hydroxylation is 1. The lowest BCUT2D eigenvalue weighted by Gasteiger charge is -2.10. The van der Waals surface area contributed by atoms with Gasteiger partial charge in [-0.1, -0.05) is 0 Å². The van der Waals surface area contributed by atoms with Crippen molar-refractivity contribution in [2.45, 2.75) is 19.8 Å². The molecular weight excluding hydrogens is 188 g/mol. The molecule has 0 unspecified atom stereocenters. The summed E-state index contributed by atoms with van der Waals surface area (Å²) in [5, 5.41) is 3.39. The van der Waals surface area contributed by atoms with E-state index in [0.717, 1.165) is 37.0 Å². The van der Waals surface area contributed by atoms with Crippen LogP contribution in [0.2, 0.25) is 0 Å². The van der Waals surface area contributed by atoms with Gasteiger partial charge < -0.3 is 10.1 Å². The van der Waals surface area contributed by atoms with Crippen LogP contribution in [-0.4, -0.2) is 25.2 Å². The van der Waals surface area contributed by atoms with Crippen LogP contribution in [-0.2, 0) is 6.42 Å². The Labute approximate surface area is 90.9 Å². The number of pyridine rings is 1. The van der Waals surface area contributed by atoms with Crippen LogP contribution in [0.5, 0.6) is 5.88 Å². The standard InChI is InChI=1S/C12H18N2O/c1-9-5-11(7-12(14-9)15-2)6-10-3-4-13-8-10/h5,7,10,13H,3-4,6,8H2,1-2H3/t10-/m1/s1. The van der Waals surface area contributed by atoms with Gasteiger partial charge in [-0.3, -0.25) is 0 Å². The van der Waals surface area contributed by atoms with Crippen LogP contribution in [0.3, 0.4) is 0 Å². The molecule has 0 saturated carbocycles. The first-order chi connectivity index (χ1) is 7.28. The number of ether oxygens (including phenoxy) is 1. The molecule has 82 valence electrons. The number of rotatable bonds is 3. The van der Waals surface area contributed by atoms with Gasteiger partial charge in [0.15, 0.2) is 0 Å². The minimum Gasteiger partial charge on any atom is -0.481 e. The molecule has 1 aliphatic heterocycles. The zero-order valence-electron chi connectivity index (χ0n) is 9.42. The highest BCUT2D eigenvalue weighted by Crippen LogP contribution is 2.18. The lowest BCUT2D eigenvalue weighted by Crippen LogP contribution is -2.11. The fourth-order valence-electron chi connectivity index (χ4n) is 2.15. The second-order valence-electron chi connectivity index (χ2n) is 4.22. The first-order valence-electron chi connectivity index (χ1n) is 5.50. The van der Waals surface area contributed by atoms with Crippen LogP contribution in [0.25, 0.3) is 0 Å². The average Bonchev–Trinajstić information content (AvgIpc) is 2.69. The number of methoxy groups -OCH3 is 1. The molecule has 3 heteroatoms. The summed E-state index contributed by atoms with van der Waals surface area (Å²) in [6.45, 7) is 4.31. The summed E-state index contributed by atoms with van der Waals surface area (Å²) in [5.74, 6) is 1.51. The van der Waals surface area contributed by atoms with Crippen LogP contribution < -0.4 is 10.1 Å². The third kappa shape index (κ3) is 2.69. The largest absolute Gasteiger partial charge is 0.481 e. The third-order valence-electron chi connectivity index (χ3n) is 2.89. The van der Waals surface area contributed by atoms with Gasteiger partial charge in [0.2, 0.25) is 5.88 Å². The van der Waals surface area contributed by atoms with Gasteiger partial charge in [0.1, 0.15) is 0 Å². The molecule has 1 aromatic heterocycles. The van der Waals surface area contributed by atoms with Crippen molar-refractivity contribution in [1.82, 2.24) is 10.3 Å². The van der Waals surface area contributed by atoms with E-state index in [1.165, 1.54) is 12.0 Å². The SMILES string of the molecule is COc1cc(C[C@H]2CCNC2)cc(C)n1. The van der Waals surface area contributed by atoms with Crippen molar-refractivity contribution in [2.75, 3.05) is 20.2 Å². The summed E-state index contributed by atoms with van der Waals surface area (Å²) in [6.07, 6.45) is 2.41. The second kappa shape index (κ2) is 4.62. The number of hydrogen-bond acceptors (Lipinski definition) is 3. The highest BCUT2D eigenvalue weighted by atomic mass is 16.5. The molecule has 1 N–H and O–H groups in total. The van der Waals surface area contributed by atoms with Crippen molar-refractivity contribution >= 4 is 0 Å². The predicted octanol–water partition coefficient (Wildman–Crippen LogP) is 1.55. The van der Waals surface area contributed by atoms with Crippen LogP contribution >= 0.6 is 0 Å². The van der Waals surface area contributed by atoms with Crippen molar-refractivity contribution in [2.24, 2.45) is 5.92 Å². The van der Waals surface area contributed by atoms with Gasteiger partial charge in [-0.2, -0.15) is 0 Å². The summed E-state index contributed by atoms with van der Waals surface area (Å²) < 4.78 is 5.17. The molecule has 0 amide bonds. The molecule has 2 heterocycles. The Morgan fingerprint density at radius 3 is 3.07 bits per heavy atom. The molecule has 0 bridgehead atoms. The van der Waals surface area contributed by atoms with Crippen LogP contribution in [0.4, 0.5) is 0 Å². The van der Waals surface area contributed by atoms with E-state index in [2.05, 4.69) is 16.4 Å². The smallest absolute Gasteiger partial charge is 0.213 e. The van der Waals surface area contributed by atoms with E-state index in [-0.39, 0.29) is 0 Å². The van der Waals surface area contributed by atoms with E-state index in [9.17, 15) is 0 Å². The van der Waals surface area contributed by atoms with Crippen molar-refractivity contribution < 1.29 is 4.74 Å². The van der Waals surface area contributed by atoms with Crippen molar-refractivity contribution in [3.8, 4) is 5.88 Å². The molecule has 0 radical (unpaired) electrons. The lowest BCUT2D eigenvalue weighted by molar-refractivity contribution is 0.395. The Morgan fingerprint density at radius 1 is 1.53 bits per heavy atom. The van der Waals surface area contributed by atoms with Crippen LogP contribution in [0, 0.1) is 12.8 Å². The molecule has 0 aliphatic carbocycles. The zero-order chi connectivity index (χ0) is 10.7. The Hall–Kier alpha value is -1.09. The molecule has 1 atom stereocenters. The summed E-state index contributed by atoms with van der Waals surface area (Å²) >= 11 is 0. The molecule has 0 spiro atoms. The highest BCUT2D eigenvalue weighted by molar-refractivity contribution is 5.25. The molecular formula is C12H18N2O. The van der Waals surface area contributed by atoms with Crippen molar-refractivity contribution in [3.63, 3.8) is 0 Å². The molecule has 1 aliphatic rings. The molecule has 0 aromatic carbocycles. The topological polar surface area (TPSA) is 34.1 Å². The Balaban J connectivity index is 2.09. The molecule has 1 fully saturated rings. The second-order valence-corrected chi connectivity index (χ2v) is 4.22. The minimum absolute atomic E-state index is 0.732. The highest BCUT2D eigenvalue weighted by Gasteiger charge is 2.15. The Morgan fingerprint density at radius 2 is 2.40 bits per heavy atom. The minimum atomic E-state index is 0.732. The quantitative estimate of drug-likeness (QED) is 0.814. The Kier molecular flexibility index (Phi) is 3.21. The fraction of sp³-hybridized carbons (Fsp3) is 0.583. The molecule has 2 rings (SSSR count). The predicted molar refractivity (Wildman–Crippen MR) is 60.2 cm³/mol. The van der Waals surface area contributed by atoms with E-state index in [4.69, 9.17) is 4.74 Å². The summed E-state index contributed by atoms with van der Waals surface area (Å²) in [6, 6.07) is 4.20. The van der Waals surface area contributed by atoms with Crippen molar-refractivity contribution in [1.29, 1.82) is 0 Å². The number of hydrogen-bond donors (Lipinski definition) is 1. The number of nitrogens with zero attached hydrogens (tertiary/aromatic N) is 1. The van der Waals surface area contributed by atoms with Gasteiger partial charge >= 0.3 is 0 Å². The monoisotopic (exact) mass is 206 g/mol. The maximum Gasteiger partial charge on any atom is 0.213 e. The maximum atomic E-state index is 5.17. The fourth-order valence-corrected chi connectivity index (χ4v) is 2.15. The van der Waals surface area contributed by atoms with Gasteiger partial charge in [-0.05, 0) is 50.4 Å². The van der Waals surface area contributed by atoms with Gasteiger partial charge in [-0.25, -0.2) is 4.98 Å². The molecule has 15 heavy (non-hydrogen) atoms. The third-order valence-corrected chi connectivity index (χ3v) is 2.89. The lowest BCUT2D eigenvalue weighted by atomic mass is 9.99. The number of nitrogens with one attached hydrogen (secondary N) is 1. The van der Waals surface area contributed by atoms with E-state index >= 15 is 0 Å². The van der Waals surface area contributed by atoms with E-state index in [1.54, 1.807) is 7.11 Å². The zero-order valence-corrected chi connectivity index (χ0v) is 9.42. The summed E-state index contributed by atoms with van der Waals surface area (Å²) in [5.41, 5.74) is 2.38. The summed E-state index contributed by atoms with van der Waals surface area (Å²) in [4.78, 5) is 4.29. The van der Waals surface area contributed by atoms with Gasteiger partial charge in [0, 0.05) is 11.8 Å². The Bertz CT molecular complexity index is 332. The molecule has 1 aromatic rings. The van der Waals surface area contributed by atoms with Gasteiger partial charge in [0.05, 0.1) is 7.11 Å². The maximum absolute atomic E-state index is 5.17. The van der Waals surface area contributed by atoms with E-state index < -0.39 is 0 Å². The van der Waals surface area contributed by atoms with E-state index in [0.29, 0.717) is 0 Å². The molecule has 1 saturated heterocycles. The van der Waals surface area contributed by atoms with Crippen LogP contribution in [0.15, 0.2) is 12.1 Å². The van der Waals surface area contributed by atoms with Crippen molar-refractivity contribution in [3.05, 3.63) is 23.4 Å². The first-order valence-corrected chi connectivity index (χ1v) is 5.50.